The van der Waals surface area contributed by atoms with E-state index in [4.69, 9.17) is 0 Å². The standard InChI is InChI=1S/C16H21NS/c1-4-17-11-15-8-9-16(18-15)14-7-5-6-13(10-14)12(2)3/h5-10,12,17H,4,11H2,1-3H3. The Balaban J connectivity index is 2.20. The highest BCUT2D eigenvalue weighted by Gasteiger charge is 2.05. The predicted molar refractivity (Wildman–Crippen MR) is 81.2 cm³/mol. The average molecular weight is 259 g/mol. The molecule has 0 radical (unpaired) electrons. The summed E-state index contributed by atoms with van der Waals surface area (Å²) in [5.41, 5.74) is 2.75. The van der Waals surface area contributed by atoms with E-state index in [-0.39, 0.29) is 0 Å². The van der Waals surface area contributed by atoms with Crippen molar-refractivity contribution in [3.8, 4) is 10.4 Å². The molecule has 1 N–H and O–H groups in total. The van der Waals surface area contributed by atoms with Gasteiger partial charge in [-0.3, -0.25) is 0 Å². The molecule has 2 rings (SSSR count). The Morgan fingerprint density at radius 1 is 1.17 bits per heavy atom. The van der Waals surface area contributed by atoms with Gasteiger partial charge in [-0.15, -0.1) is 11.3 Å². The van der Waals surface area contributed by atoms with Gasteiger partial charge < -0.3 is 5.32 Å². The zero-order valence-electron chi connectivity index (χ0n) is 11.4. The molecule has 0 aliphatic rings. The second kappa shape index (κ2) is 6.17. The Morgan fingerprint density at radius 2 is 2.00 bits per heavy atom. The minimum Gasteiger partial charge on any atom is -0.312 e. The van der Waals surface area contributed by atoms with E-state index >= 15 is 0 Å². The first-order valence-corrected chi connectivity index (χ1v) is 7.42. The van der Waals surface area contributed by atoms with Crippen molar-refractivity contribution in [2.75, 3.05) is 6.54 Å². The average Bonchev–Trinajstić information content (AvgIpc) is 2.85. The van der Waals surface area contributed by atoms with Crippen molar-refractivity contribution in [1.29, 1.82) is 0 Å². The summed E-state index contributed by atoms with van der Waals surface area (Å²) in [6.07, 6.45) is 0. The maximum Gasteiger partial charge on any atom is 0.0346 e. The lowest BCUT2D eigenvalue weighted by molar-refractivity contribution is 0.735. The first-order chi connectivity index (χ1) is 8.70. The number of hydrogen-bond donors (Lipinski definition) is 1. The number of thiophene rings is 1. The molecule has 2 heteroatoms. The van der Waals surface area contributed by atoms with Crippen LogP contribution in [0.15, 0.2) is 36.4 Å². The maximum atomic E-state index is 3.37. The van der Waals surface area contributed by atoms with Gasteiger partial charge >= 0.3 is 0 Å². The molecule has 96 valence electrons. The number of benzene rings is 1. The maximum absolute atomic E-state index is 3.37. The van der Waals surface area contributed by atoms with Gasteiger partial charge in [-0.1, -0.05) is 45.0 Å². The van der Waals surface area contributed by atoms with Crippen LogP contribution in [-0.2, 0) is 6.54 Å². The molecule has 1 aromatic carbocycles. The molecule has 0 spiro atoms. The van der Waals surface area contributed by atoms with Gasteiger partial charge in [-0.2, -0.15) is 0 Å². The van der Waals surface area contributed by atoms with Crippen LogP contribution in [-0.4, -0.2) is 6.54 Å². The molecule has 0 saturated carbocycles. The van der Waals surface area contributed by atoms with Gasteiger partial charge in [0, 0.05) is 16.3 Å². The lowest BCUT2D eigenvalue weighted by Crippen LogP contribution is -2.10. The zero-order valence-corrected chi connectivity index (χ0v) is 12.2. The molecular formula is C16H21NS. The first-order valence-electron chi connectivity index (χ1n) is 6.60. The van der Waals surface area contributed by atoms with Gasteiger partial charge in [0.05, 0.1) is 0 Å². The highest BCUT2D eigenvalue weighted by atomic mass is 32.1. The fraction of sp³-hybridized carbons (Fsp3) is 0.375. The van der Waals surface area contributed by atoms with E-state index in [0.717, 1.165) is 13.1 Å². The van der Waals surface area contributed by atoms with Gasteiger partial charge in [-0.05, 0) is 35.7 Å². The van der Waals surface area contributed by atoms with Crippen LogP contribution < -0.4 is 5.32 Å². The number of rotatable bonds is 5. The molecule has 2 aromatic rings. The molecule has 1 aromatic heterocycles. The minimum atomic E-state index is 0.589. The second-order valence-corrected chi connectivity index (χ2v) is 5.99. The largest absolute Gasteiger partial charge is 0.312 e. The molecule has 0 aliphatic heterocycles. The van der Waals surface area contributed by atoms with Gasteiger partial charge in [-0.25, -0.2) is 0 Å². The van der Waals surface area contributed by atoms with Crippen LogP contribution >= 0.6 is 11.3 Å². The molecule has 1 nitrogen and oxygen atoms in total. The fourth-order valence-corrected chi connectivity index (χ4v) is 2.90. The van der Waals surface area contributed by atoms with Crippen LogP contribution in [0.5, 0.6) is 0 Å². The fourth-order valence-electron chi connectivity index (χ4n) is 1.93. The monoisotopic (exact) mass is 259 g/mol. The van der Waals surface area contributed by atoms with Crippen molar-refractivity contribution in [2.24, 2.45) is 0 Å². The zero-order chi connectivity index (χ0) is 13.0. The lowest BCUT2D eigenvalue weighted by atomic mass is 10.0. The van der Waals surface area contributed by atoms with E-state index in [2.05, 4.69) is 62.5 Å². The molecule has 0 aliphatic carbocycles. The van der Waals surface area contributed by atoms with Gasteiger partial charge in [0.15, 0.2) is 0 Å². The van der Waals surface area contributed by atoms with Gasteiger partial charge in [0.2, 0.25) is 0 Å². The predicted octanol–water partition coefficient (Wildman–Crippen LogP) is 4.65. The molecule has 1 heterocycles. The highest BCUT2D eigenvalue weighted by molar-refractivity contribution is 7.15. The van der Waals surface area contributed by atoms with Crippen LogP contribution in [0.1, 0.15) is 37.1 Å². The third kappa shape index (κ3) is 3.21. The van der Waals surface area contributed by atoms with E-state index in [9.17, 15) is 0 Å². The minimum absolute atomic E-state index is 0.589. The van der Waals surface area contributed by atoms with Crippen LogP contribution in [0, 0.1) is 0 Å². The quantitative estimate of drug-likeness (QED) is 0.824. The first kappa shape index (κ1) is 13.3. The smallest absolute Gasteiger partial charge is 0.0346 e. The summed E-state index contributed by atoms with van der Waals surface area (Å²) in [7, 11) is 0. The molecule has 0 amide bonds. The summed E-state index contributed by atoms with van der Waals surface area (Å²) in [5.74, 6) is 0.589. The van der Waals surface area contributed by atoms with Crippen molar-refractivity contribution < 1.29 is 0 Å². The van der Waals surface area contributed by atoms with Crippen LogP contribution in [0.3, 0.4) is 0 Å². The Hall–Kier alpha value is -1.12. The summed E-state index contributed by atoms with van der Waals surface area (Å²) < 4.78 is 0. The molecular weight excluding hydrogens is 238 g/mol. The highest BCUT2D eigenvalue weighted by Crippen LogP contribution is 2.30. The Morgan fingerprint density at radius 3 is 2.72 bits per heavy atom. The van der Waals surface area contributed by atoms with E-state index in [1.165, 1.54) is 20.9 Å². The van der Waals surface area contributed by atoms with Crippen LogP contribution in [0.2, 0.25) is 0 Å². The summed E-state index contributed by atoms with van der Waals surface area (Å²) >= 11 is 1.88. The van der Waals surface area contributed by atoms with E-state index in [1.54, 1.807) is 0 Å². The van der Waals surface area contributed by atoms with E-state index in [0.29, 0.717) is 5.92 Å². The van der Waals surface area contributed by atoms with Crippen molar-refractivity contribution in [2.45, 2.75) is 33.2 Å². The lowest BCUT2D eigenvalue weighted by Gasteiger charge is -2.06. The summed E-state index contributed by atoms with van der Waals surface area (Å²) in [5, 5.41) is 3.37. The normalized spacial score (nSPS) is 11.1. The van der Waals surface area contributed by atoms with Crippen molar-refractivity contribution in [3.05, 3.63) is 46.8 Å². The van der Waals surface area contributed by atoms with Crippen molar-refractivity contribution in [1.82, 2.24) is 5.32 Å². The molecule has 0 atom stereocenters. The van der Waals surface area contributed by atoms with E-state index in [1.807, 2.05) is 11.3 Å². The SMILES string of the molecule is CCNCc1ccc(-c2cccc(C(C)C)c2)s1. The van der Waals surface area contributed by atoms with E-state index < -0.39 is 0 Å². The molecule has 18 heavy (non-hydrogen) atoms. The molecule has 0 unspecified atom stereocenters. The summed E-state index contributed by atoms with van der Waals surface area (Å²) in [6.45, 7) is 8.62. The van der Waals surface area contributed by atoms with Crippen LogP contribution in [0.4, 0.5) is 0 Å². The number of nitrogens with one attached hydrogen (secondary N) is 1. The Kier molecular flexibility index (Phi) is 4.56. The third-order valence-electron chi connectivity index (χ3n) is 3.05. The van der Waals surface area contributed by atoms with Crippen molar-refractivity contribution >= 4 is 11.3 Å². The molecule has 0 bridgehead atoms. The Bertz CT molecular complexity index is 499. The Labute approximate surface area is 114 Å². The second-order valence-electron chi connectivity index (χ2n) is 4.83. The third-order valence-corrected chi connectivity index (χ3v) is 4.18. The number of hydrogen-bond acceptors (Lipinski definition) is 2. The molecule has 0 saturated heterocycles. The van der Waals surface area contributed by atoms with Gasteiger partial charge in [0.25, 0.3) is 0 Å². The summed E-state index contributed by atoms with van der Waals surface area (Å²) in [6, 6.07) is 13.3. The topological polar surface area (TPSA) is 12.0 Å². The summed E-state index contributed by atoms with van der Waals surface area (Å²) in [4.78, 5) is 2.77. The van der Waals surface area contributed by atoms with Gasteiger partial charge in [0.1, 0.15) is 0 Å². The molecule has 0 fully saturated rings. The van der Waals surface area contributed by atoms with Crippen molar-refractivity contribution in [3.63, 3.8) is 0 Å². The van der Waals surface area contributed by atoms with Crippen LogP contribution in [0.25, 0.3) is 10.4 Å².